The van der Waals surface area contributed by atoms with Crippen molar-refractivity contribution in [2.24, 2.45) is 0 Å². The molecule has 7 nitrogen and oxygen atoms in total. The first-order chi connectivity index (χ1) is 10.3. The number of rotatable bonds is 5. The minimum absolute atomic E-state index is 0.0383. The highest BCUT2D eigenvalue weighted by Gasteiger charge is 2.25. The van der Waals surface area contributed by atoms with Crippen LogP contribution >= 0.6 is 0 Å². The topological polar surface area (TPSA) is 99.5 Å². The maximum Gasteiger partial charge on any atom is 0.409 e. The lowest BCUT2D eigenvalue weighted by atomic mass is 10.1. The summed E-state index contributed by atoms with van der Waals surface area (Å²) in [6.07, 6.45) is 2.31. The van der Waals surface area contributed by atoms with Gasteiger partial charge in [0.05, 0.1) is 11.9 Å². The summed E-state index contributed by atoms with van der Waals surface area (Å²) in [5.74, 6) is 0. The quantitative estimate of drug-likeness (QED) is 0.765. The van der Waals surface area contributed by atoms with Gasteiger partial charge in [-0.15, -0.1) is 0 Å². The number of carbonyl (C=O) groups is 1. The lowest BCUT2D eigenvalue weighted by molar-refractivity contribution is 0.0960. The number of piperidine rings is 1. The van der Waals surface area contributed by atoms with Crippen LogP contribution in [0, 0.1) is 11.3 Å². The van der Waals surface area contributed by atoms with Crippen LogP contribution in [0.1, 0.15) is 33.6 Å². The molecule has 0 aromatic heterocycles. The molecule has 1 saturated heterocycles. The number of hydrogen-bond donors (Lipinski definition) is 1. The van der Waals surface area contributed by atoms with E-state index < -0.39 is 15.1 Å². The Morgan fingerprint density at radius 3 is 2.50 bits per heavy atom. The lowest BCUT2D eigenvalue weighted by Crippen LogP contribution is -2.44. The summed E-state index contributed by atoms with van der Waals surface area (Å²) in [5, 5.41) is 11.4. The third-order valence-corrected chi connectivity index (χ3v) is 5.57. The van der Waals surface area contributed by atoms with Crippen molar-refractivity contribution in [3.63, 3.8) is 0 Å². The lowest BCUT2D eigenvalue weighted by Gasteiger charge is -2.31. The van der Waals surface area contributed by atoms with Gasteiger partial charge in [-0.25, -0.2) is 13.2 Å². The first kappa shape index (κ1) is 18.3. The van der Waals surface area contributed by atoms with Crippen LogP contribution in [0.25, 0.3) is 0 Å². The summed E-state index contributed by atoms with van der Waals surface area (Å²) in [4.78, 5) is 12.9. The summed E-state index contributed by atoms with van der Waals surface area (Å²) < 4.78 is 28.8. The Bertz CT molecular complexity index is 555. The summed E-state index contributed by atoms with van der Waals surface area (Å²) >= 11 is 0. The molecule has 0 aliphatic carbocycles. The second-order valence-electron chi connectivity index (χ2n) is 5.34. The van der Waals surface area contributed by atoms with Crippen LogP contribution in [0.2, 0.25) is 0 Å². The molecule has 0 atom stereocenters. The monoisotopic (exact) mass is 329 g/mol. The maximum atomic E-state index is 11.9. The second kappa shape index (κ2) is 8.03. The molecule has 0 unspecified atom stereocenters. The Morgan fingerprint density at radius 2 is 2.05 bits per heavy atom. The van der Waals surface area contributed by atoms with Gasteiger partial charge in [0.25, 0.3) is 0 Å². The molecule has 1 fully saturated rings. The number of carbonyl (C=O) groups excluding carboxylic acids is 1. The van der Waals surface area contributed by atoms with Crippen LogP contribution in [0.4, 0.5) is 4.79 Å². The van der Waals surface area contributed by atoms with Gasteiger partial charge in [-0.3, -0.25) is 0 Å². The normalized spacial score (nSPS) is 17.2. The molecule has 0 radical (unpaired) electrons. The van der Waals surface area contributed by atoms with Crippen LogP contribution in [0.5, 0.6) is 0 Å². The predicted octanol–water partition coefficient (Wildman–Crippen LogP) is 1.39. The van der Waals surface area contributed by atoms with Crippen LogP contribution in [0.15, 0.2) is 11.1 Å². The molecule has 1 heterocycles. The summed E-state index contributed by atoms with van der Waals surface area (Å²) in [6, 6.07) is 1.77. The zero-order valence-electron chi connectivity index (χ0n) is 13.2. The first-order valence-electron chi connectivity index (χ1n) is 7.34. The zero-order chi connectivity index (χ0) is 16.8. The Hall–Kier alpha value is -1.75. The molecule has 0 spiro atoms. The van der Waals surface area contributed by atoms with Gasteiger partial charge in [-0.2, -0.15) is 5.26 Å². The first-order valence-corrected chi connectivity index (χ1v) is 8.89. The maximum absolute atomic E-state index is 11.9. The van der Waals surface area contributed by atoms with Crippen molar-refractivity contribution >= 4 is 15.9 Å². The molecule has 0 bridgehead atoms. The van der Waals surface area contributed by atoms with Crippen molar-refractivity contribution < 1.29 is 17.9 Å². The number of sulfone groups is 1. The molecule has 1 N–H and O–H groups in total. The summed E-state index contributed by atoms with van der Waals surface area (Å²) in [6.45, 7) is 6.27. The molecule has 1 aliphatic rings. The fourth-order valence-corrected chi connectivity index (χ4v) is 2.94. The second-order valence-corrected chi connectivity index (χ2v) is 7.81. The third kappa shape index (κ3) is 4.63. The van der Waals surface area contributed by atoms with E-state index in [1.165, 1.54) is 6.20 Å². The average molecular weight is 329 g/mol. The van der Waals surface area contributed by atoms with Crippen molar-refractivity contribution in [3.05, 3.63) is 11.1 Å². The molecule has 0 saturated carbocycles. The minimum Gasteiger partial charge on any atom is -0.450 e. The number of likely N-dealkylation sites (tertiary alicyclic amines) is 1. The van der Waals surface area contributed by atoms with Gasteiger partial charge in [0.2, 0.25) is 0 Å². The average Bonchev–Trinajstić information content (AvgIpc) is 2.48. The van der Waals surface area contributed by atoms with Gasteiger partial charge < -0.3 is 15.0 Å². The SMILES string of the molecule is CCOC(=O)N1CCC(N/C=C(\C#N)S(=O)(=O)C(C)C)CC1. The molecule has 124 valence electrons. The van der Waals surface area contributed by atoms with Crippen molar-refractivity contribution in [2.45, 2.75) is 44.9 Å². The summed E-state index contributed by atoms with van der Waals surface area (Å²) in [7, 11) is -3.57. The standard InChI is InChI=1S/C14H23N3O4S/c1-4-21-14(18)17-7-5-12(6-8-17)16-10-13(9-15)22(19,20)11(2)3/h10-12,16H,4-8H2,1-3H3/b13-10+. The van der Waals surface area contributed by atoms with Crippen LogP contribution in [0.3, 0.4) is 0 Å². The van der Waals surface area contributed by atoms with Crippen molar-refractivity contribution in [1.82, 2.24) is 10.2 Å². The number of hydrogen-bond acceptors (Lipinski definition) is 6. The number of ether oxygens (including phenoxy) is 1. The smallest absolute Gasteiger partial charge is 0.409 e. The van der Waals surface area contributed by atoms with Gasteiger partial charge in [0, 0.05) is 25.3 Å². The molecule has 1 aliphatic heterocycles. The minimum atomic E-state index is -3.57. The highest BCUT2D eigenvalue weighted by molar-refractivity contribution is 7.96. The van der Waals surface area contributed by atoms with Gasteiger partial charge in [-0.05, 0) is 33.6 Å². The van der Waals surface area contributed by atoms with Gasteiger partial charge in [0.15, 0.2) is 14.7 Å². The van der Waals surface area contributed by atoms with E-state index in [-0.39, 0.29) is 17.0 Å². The number of nitrogens with one attached hydrogen (secondary N) is 1. The number of nitrogens with zero attached hydrogens (tertiary/aromatic N) is 2. The van der Waals surface area contributed by atoms with Crippen LogP contribution in [-0.4, -0.2) is 50.4 Å². The summed E-state index contributed by atoms with van der Waals surface area (Å²) in [5.41, 5.74) is 0. The number of nitriles is 1. The van der Waals surface area contributed by atoms with Crippen LogP contribution in [-0.2, 0) is 14.6 Å². The molecule has 1 amide bonds. The van der Waals surface area contributed by atoms with Gasteiger partial charge in [0.1, 0.15) is 6.07 Å². The van der Waals surface area contributed by atoms with Crippen molar-refractivity contribution in [3.8, 4) is 6.07 Å². The molecular weight excluding hydrogens is 306 g/mol. The molecular formula is C14H23N3O4S. The number of allylic oxidation sites excluding steroid dienone is 1. The zero-order valence-corrected chi connectivity index (χ0v) is 14.0. The van der Waals surface area contributed by atoms with E-state index in [2.05, 4.69) is 5.32 Å². The Labute approximate surface area is 131 Å². The van der Waals surface area contributed by atoms with Gasteiger partial charge >= 0.3 is 6.09 Å². The third-order valence-electron chi connectivity index (χ3n) is 3.51. The molecule has 22 heavy (non-hydrogen) atoms. The largest absolute Gasteiger partial charge is 0.450 e. The highest BCUT2D eigenvalue weighted by atomic mass is 32.2. The van der Waals surface area contributed by atoms with E-state index in [9.17, 15) is 13.2 Å². The predicted molar refractivity (Wildman–Crippen MR) is 82.5 cm³/mol. The molecule has 8 heteroatoms. The van der Waals surface area contributed by atoms with Crippen LogP contribution < -0.4 is 5.32 Å². The van der Waals surface area contributed by atoms with E-state index in [0.29, 0.717) is 32.5 Å². The van der Waals surface area contributed by atoms with E-state index in [0.717, 1.165) is 0 Å². The van der Waals surface area contributed by atoms with E-state index in [1.54, 1.807) is 31.7 Å². The van der Waals surface area contributed by atoms with E-state index >= 15 is 0 Å². The number of amides is 1. The van der Waals surface area contributed by atoms with Crippen molar-refractivity contribution in [1.29, 1.82) is 5.26 Å². The fourth-order valence-electron chi connectivity index (χ4n) is 2.07. The molecule has 0 aromatic carbocycles. The Morgan fingerprint density at radius 1 is 1.45 bits per heavy atom. The van der Waals surface area contributed by atoms with Crippen molar-refractivity contribution in [2.75, 3.05) is 19.7 Å². The van der Waals surface area contributed by atoms with Gasteiger partial charge in [-0.1, -0.05) is 0 Å². The fraction of sp³-hybridized carbons (Fsp3) is 0.714. The van der Waals surface area contributed by atoms with E-state index in [4.69, 9.17) is 10.00 Å². The Balaban J connectivity index is 2.59. The Kier molecular flexibility index (Phi) is 6.68. The molecule has 0 aromatic rings. The molecule has 1 rings (SSSR count). The van der Waals surface area contributed by atoms with E-state index in [1.807, 2.05) is 0 Å². The highest BCUT2D eigenvalue weighted by Crippen LogP contribution is 2.14.